The highest BCUT2D eigenvalue weighted by molar-refractivity contribution is 6.29. The average molecular weight is 175 g/mol. The zero-order chi connectivity index (χ0) is 8.27. The van der Waals surface area contributed by atoms with E-state index >= 15 is 0 Å². The van der Waals surface area contributed by atoms with Gasteiger partial charge in [-0.2, -0.15) is 0 Å². The summed E-state index contributed by atoms with van der Waals surface area (Å²) in [4.78, 5) is 15.5. The Morgan fingerprint density at radius 2 is 2.64 bits per heavy atom. The van der Waals surface area contributed by atoms with Crippen LogP contribution in [0.25, 0.3) is 0 Å². The molecule has 1 N–H and O–H groups in total. The first-order valence-electron chi connectivity index (χ1n) is 3.04. The summed E-state index contributed by atoms with van der Waals surface area (Å²) < 4.78 is 0. The largest absolute Gasteiger partial charge is 0.480 e. The van der Waals surface area contributed by atoms with Gasteiger partial charge in [-0.05, 0) is 0 Å². The van der Waals surface area contributed by atoms with E-state index in [9.17, 15) is 4.79 Å². The van der Waals surface area contributed by atoms with Gasteiger partial charge < -0.3 is 10.0 Å². The number of rotatable bonds is 2. The summed E-state index contributed by atoms with van der Waals surface area (Å²) in [6.45, 7) is 0.378. The fourth-order valence-corrected chi connectivity index (χ4v) is 0.917. The van der Waals surface area contributed by atoms with Crippen LogP contribution < -0.4 is 0 Å². The number of carboxylic acid groups (broad SMARTS) is 1. The topological polar surface area (TPSA) is 52.9 Å². The first kappa shape index (κ1) is 8.07. The van der Waals surface area contributed by atoms with Gasteiger partial charge in [0.05, 0.1) is 12.7 Å². The molecule has 1 aliphatic rings. The van der Waals surface area contributed by atoms with Gasteiger partial charge in [-0.25, -0.2) is 0 Å². The summed E-state index contributed by atoms with van der Waals surface area (Å²) in [5, 5.41) is 8.78. The summed E-state index contributed by atoms with van der Waals surface area (Å²) >= 11 is 5.64. The maximum absolute atomic E-state index is 10.2. The van der Waals surface area contributed by atoms with Crippen molar-refractivity contribution in [3.05, 3.63) is 11.4 Å². The molecule has 0 fully saturated rings. The number of nitrogens with zero attached hydrogens (tertiary/aromatic N) is 2. The van der Waals surface area contributed by atoms with Gasteiger partial charge in [-0.3, -0.25) is 9.79 Å². The van der Waals surface area contributed by atoms with E-state index in [1.807, 2.05) is 0 Å². The van der Waals surface area contributed by atoms with Gasteiger partial charge in [-0.1, -0.05) is 11.6 Å². The lowest BCUT2D eigenvalue weighted by Crippen LogP contribution is -2.30. The average Bonchev–Trinajstić information content (AvgIpc) is 1.93. The Bertz CT molecular complexity index is 225. The number of hydrogen-bond donors (Lipinski definition) is 1. The van der Waals surface area contributed by atoms with Crippen LogP contribution in [0, 0.1) is 0 Å². The molecule has 1 rings (SSSR count). The normalized spacial score (nSPS) is 16.5. The van der Waals surface area contributed by atoms with Crippen molar-refractivity contribution in [3.63, 3.8) is 0 Å². The zero-order valence-electron chi connectivity index (χ0n) is 5.70. The molecule has 0 amide bonds. The van der Waals surface area contributed by atoms with Crippen molar-refractivity contribution in [2.45, 2.75) is 0 Å². The van der Waals surface area contributed by atoms with E-state index in [1.165, 1.54) is 11.1 Å². The minimum Gasteiger partial charge on any atom is -0.480 e. The number of aliphatic carboxylic acids is 1. The highest BCUT2D eigenvalue weighted by atomic mass is 35.5. The molecule has 0 radical (unpaired) electrons. The molecule has 0 aliphatic carbocycles. The maximum atomic E-state index is 10.2. The van der Waals surface area contributed by atoms with Gasteiger partial charge in [0.2, 0.25) is 0 Å². The van der Waals surface area contributed by atoms with Crippen LogP contribution in [0.2, 0.25) is 0 Å². The third-order valence-electron chi connectivity index (χ3n) is 1.22. The van der Waals surface area contributed by atoms with Gasteiger partial charge in [0.15, 0.2) is 0 Å². The van der Waals surface area contributed by atoms with Crippen molar-refractivity contribution in [3.8, 4) is 0 Å². The molecule has 0 bridgehead atoms. The third-order valence-corrected chi connectivity index (χ3v) is 1.55. The van der Waals surface area contributed by atoms with E-state index in [2.05, 4.69) is 4.99 Å². The minimum atomic E-state index is -0.896. The summed E-state index contributed by atoms with van der Waals surface area (Å²) in [6, 6.07) is 0. The number of aliphatic imine (C=N–C) groups is 1. The van der Waals surface area contributed by atoms with Crippen molar-refractivity contribution in [2.75, 3.05) is 13.1 Å². The number of carboxylic acids is 1. The van der Waals surface area contributed by atoms with Crippen LogP contribution in [0.15, 0.2) is 16.3 Å². The molecule has 0 unspecified atom stereocenters. The maximum Gasteiger partial charge on any atom is 0.323 e. The van der Waals surface area contributed by atoms with E-state index < -0.39 is 5.97 Å². The second kappa shape index (κ2) is 3.39. The van der Waals surface area contributed by atoms with E-state index in [0.29, 0.717) is 11.7 Å². The Morgan fingerprint density at radius 3 is 3.18 bits per heavy atom. The second-order valence-corrected chi connectivity index (χ2v) is 2.44. The first-order chi connectivity index (χ1) is 5.20. The quantitative estimate of drug-likeness (QED) is 0.620. The molecule has 0 atom stereocenters. The number of carbonyl (C=O) groups is 1. The molecule has 0 saturated carbocycles. The van der Waals surface area contributed by atoms with E-state index in [4.69, 9.17) is 16.7 Å². The van der Waals surface area contributed by atoms with E-state index in [0.717, 1.165) is 0 Å². The molecule has 1 heterocycles. The lowest BCUT2D eigenvalue weighted by molar-refractivity contribution is -0.137. The van der Waals surface area contributed by atoms with Crippen molar-refractivity contribution in [2.24, 2.45) is 4.99 Å². The van der Waals surface area contributed by atoms with Crippen LogP contribution in [-0.4, -0.2) is 35.3 Å². The Kier molecular flexibility index (Phi) is 2.48. The fourth-order valence-electron chi connectivity index (χ4n) is 0.732. The molecule has 0 aromatic rings. The van der Waals surface area contributed by atoms with Crippen LogP contribution in [-0.2, 0) is 4.79 Å². The summed E-state index contributed by atoms with van der Waals surface area (Å²) in [6.07, 6.45) is 3.03. The Labute approximate surface area is 68.8 Å². The van der Waals surface area contributed by atoms with Gasteiger partial charge in [0.1, 0.15) is 11.7 Å². The minimum absolute atomic E-state index is 0.0820. The van der Waals surface area contributed by atoms with E-state index in [-0.39, 0.29) is 6.54 Å². The number of hydrogen-bond acceptors (Lipinski definition) is 3. The standard InChI is InChI=1S/C6H7ClN2O2/c7-5-3-8-1-2-9(5)4-6(10)11/h1,3H,2,4H2,(H,10,11). The molecular weight excluding hydrogens is 168 g/mol. The molecule has 4 nitrogen and oxygen atoms in total. The summed E-state index contributed by atoms with van der Waals surface area (Å²) in [5.74, 6) is -0.896. The third kappa shape index (κ3) is 2.23. The molecule has 1 aliphatic heterocycles. The fraction of sp³-hybridized carbons (Fsp3) is 0.333. The molecule has 5 heteroatoms. The molecule has 11 heavy (non-hydrogen) atoms. The summed E-state index contributed by atoms with van der Waals surface area (Å²) in [5.41, 5.74) is 0. The Hall–Kier alpha value is -1.03. The predicted octanol–water partition coefficient (Wildman–Crippen LogP) is 0.495. The molecule has 0 aromatic carbocycles. The zero-order valence-corrected chi connectivity index (χ0v) is 6.45. The van der Waals surface area contributed by atoms with Gasteiger partial charge in [0.25, 0.3) is 0 Å². The summed E-state index contributed by atoms with van der Waals surface area (Å²) in [7, 11) is 0. The SMILES string of the molecule is O=C(O)CN1CC=NC=C1Cl. The van der Waals surface area contributed by atoms with Crippen molar-refractivity contribution < 1.29 is 9.90 Å². The monoisotopic (exact) mass is 174 g/mol. The molecule has 0 aromatic heterocycles. The second-order valence-electron chi connectivity index (χ2n) is 2.06. The number of halogens is 1. The van der Waals surface area contributed by atoms with Crippen molar-refractivity contribution >= 4 is 23.8 Å². The Morgan fingerprint density at radius 1 is 1.91 bits per heavy atom. The van der Waals surface area contributed by atoms with Gasteiger partial charge in [-0.15, -0.1) is 0 Å². The van der Waals surface area contributed by atoms with Crippen LogP contribution in [0.3, 0.4) is 0 Å². The molecule has 60 valence electrons. The first-order valence-corrected chi connectivity index (χ1v) is 3.42. The highest BCUT2D eigenvalue weighted by Crippen LogP contribution is 2.10. The lowest BCUT2D eigenvalue weighted by Gasteiger charge is -2.20. The van der Waals surface area contributed by atoms with Crippen LogP contribution in [0.4, 0.5) is 0 Å². The molecule has 0 spiro atoms. The molecule has 0 saturated heterocycles. The smallest absolute Gasteiger partial charge is 0.323 e. The van der Waals surface area contributed by atoms with Crippen LogP contribution >= 0.6 is 11.6 Å². The van der Waals surface area contributed by atoms with Crippen molar-refractivity contribution in [1.29, 1.82) is 0 Å². The predicted molar refractivity (Wildman–Crippen MR) is 41.6 cm³/mol. The van der Waals surface area contributed by atoms with Crippen LogP contribution in [0.1, 0.15) is 0 Å². The molecular formula is C6H7ClN2O2. The van der Waals surface area contributed by atoms with E-state index in [1.54, 1.807) is 6.21 Å². The van der Waals surface area contributed by atoms with Gasteiger partial charge >= 0.3 is 5.97 Å². The van der Waals surface area contributed by atoms with Crippen LogP contribution in [0.5, 0.6) is 0 Å². The van der Waals surface area contributed by atoms with Crippen molar-refractivity contribution in [1.82, 2.24) is 4.90 Å². The van der Waals surface area contributed by atoms with Gasteiger partial charge in [0, 0.05) is 6.21 Å². The lowest BCUT2D eigenvalue weighted by atomic mass is 10.5. The highest BCUT2D eigenvalue weighted by Gasteiger charge is 2.11. The Balaban J connectivity index is 2.54.